The molecule has 3 fully saturated rings. The molecule has 3 heterocycles. The minimum absolute atomic E-state index is 0.0782. The van der Waals surface area contributed by atoms with Gasteiger partial charge in [0.15, 0.2) is 0 Å². The minimum atomic E-state index is 0.0782. The summed E-state index contributed by atoms with van der Waals surface area (Å²) in [6, 6.07) is 8.87. The van der Waals surface area contributed by atoms with Crippen LogP contribution < -0.4 is 4.90 Å². The van der Waals surface area contributed by atoms with Gasteiger partial charge in [-0.05, 0) is 62.8 Å². The van der Waals surface area contributed by atoms with E-state index in [9.17, 15) is 4.79 Å². The number of rotatable bonds is 3. The number of hydrogen-bond donors (Lipinski definition) is 0. The molecule has 0 bridgehead atoms. The monoisotopic (exact) mass is 465 g/mol. The number of nitrogens with zero attached hydrogens (tertiary/aromatic N) is 3. The lowest BCUT2D eigenvalue weighted by Crippen LogP contribution is -2.39. The molecule has 0 spiro atoms. The van der Waals surface area contributed by atoms with Gasteiger partial charge in [-0.1, -0.05) is 61.8 Å². The second kappa shape index (κ2) is 9.14. The van der Waals surface area contributed by atoms with Gasteiger partial charge >= 0.3 is 0 Å². The Balaban J connectivity index is 1.53. The van der Waals surface area contributed by atoms with E-state index in [2.05, 4.69) is 43.0 Å². The van der Waals surface area contributed by atoms with Crippen LogP contribution in [0.25, 0.3) is 17.0 Å². The van der Waals surface area contributed by atoms with E-state index in [1.54, 1.807) is 0 Å². The first-order valence-electron chi connectivity index (χ1n) is 11.9. The first kappa shape index (κ1) is 21.9. The Bertz CT molecular complexity index is 1080. The van der Waals surface area contributed by atoms with Gasteiger partial charge in [-0.15, -0.1) is 0 Å². The Morgan fingerprint density at radius 1 is 1.09 bits per heavy atom. The molecular weight excluding hydrogens is 434 g/mol. The van der Waals surface area contributed by atoms with Crippen molar-refractivity contribution in [3.05, 3.63) is 40.3 Å². The van der Waals surface area contributed by atoms with Gasteiger partial charge in [-0.2, -0.15) is 0 Å². The first-order chi connectivity index (χ1) is 15.5. The van der Waals surface area contributed by atoms with Crippen LogP contribution in [0.3, 0.4) is 0 Å². The standard InChI is InChI=1S/C26H31N3OS2/c1-17-10-12-28(13-11-17)24-20(15-19-14-18(2)8-9-22(19)27-24)16-23-25(30)29(26(31)32-23)21-6-4-3-5-7-21/h8-9,14-17,21H,3-7,10-13H2,1-2H3/b23-16-. The Kier molecular flexibility index (Phi) is 6.26. The predicted octanol–water partition coefficient (Wildman–Crippen LogP) is 6.31. The summed E-state index contributed by atoms with van der Waals surface area (Å²) in [5.41, 5.74) is 3.26. The molecule has 2 aromatic rings. The quantitative estimate of drug-likeness (QED) is 0.392. The average molecular weight is 466 g/mol. The number of fused-ring (bicyclic) bond motifs is 1. The molecule has 1 amide bonds. The van der Waals surface area contributed by atoms with Crippen molar-refractivity contribution in [1.82, 2.24) is 9.88 Å². The molecule has 3 aliphatic rings. The third-order valence-electron chi connectivity index (χ3n) is 7.11. The maximum absolute atomic E-state index is 13.4. The van der Waals surface area contributed by atoms with E-state index in [4.69, 9.17) is 17.2 Å². The molecule has 0 N–H and O–H groups in total. The van der Waals surface area contributed by atoms with Crippen molar-refractivity contribution >= 4 is 57.0 Å². The Labute approximate surface area is 200 Å². The highest BCUT2D eigenvalue weighted by Crippen LogP contribution is 2.39. The van der Waals surface area contributed by atoms with Gasteiger partial charge in [0.05, 0.1) is 10.4 Å². The molecule has 1 aromatic heterocycles. The van der Waals surface area contributed by atoms with Crippen LogP contribution in [-0.4, -0.2) is 39.2 Å². The number of pyridine rings is 1. The van der Waals surface area contributed by atoms with Gasteiger partial charge in [-0.25, -0.2) is 4.98 Å². The number of amides is 1. The second-order valence-corrected chi connectivity index (χ2v) is 11.3. The maximum Gasteiger partial charge on any atom is 0.266 e. The number of hydrogen-bond acceptors (Lipinski definition) is 5. The molecule has 0 unspecified atom stereocenters. The summed E-state index contributed by atoms with van der Waals surface area (Å²) in [4.78, 5) is 23.5. The molecule has 0 atom stereocenters. The van der Waals surface area contributed by atoms with E-state index in [0.717, 1.165) is 59.0 Å². The summed E-state index contributed by atoms with van der Waals surface area (Å²) in [5.74, 6) is 1.83. The van der Waals surface area contributed by atoms with Crippen LogP contribution in [0.2, 0.25) is 0 Å². The Hall–Kier alpha value is -1.92. The average Bonchev–Trinajstić information content (AvgIpc) is 3.07. The predicted molar refractivity (Wildman–Crippen MR) is 139 cm³/mol. The fourth-order valence-electron chi connectivity index (χ4n) is 5.16. The molecule has 2 aliphatic heterocycles. The zero-order chi connectivity index (χ0) is 22.2. The van der Waals surface area contributed by atoms with Crippen LogP contribution in [0.5, 0.6) is 0 Å². The van der Waals surface area contributed by atoms with Crippen molar-refractivity contribution in [3.8, 4) is 0 Å². The van der Waals surface area contributed by atoms with E-state index in [1.807, 2.05) is 11.0 Å². The van der Waals surface area contributed by atoms with Crippen LogP contribution in [-0.2, 0) is 4.79 Å². The third-order valence-corrected chi connectivity index (χ3v) is 8.44. The number of carbonyl (C=O) groups is 1. The normalized spacial score (nSPS) is 22.5. The highest BCUT2D eigenvalue weighted by Gasteiger charge is 2.37. The number of piperidine rings is 1. The Morgan fingerprint density at radius 3 is 2.59 bits per heavy atom. The van der Waals surface area contributed by atoms with Crippen molar-refractivity contribution in [2.24, 2.45) is 5.92 Å². The highest BCUT2D eigenvalue weighted by atomic mass is 32.2. The Morgan fingerprint density at radius 2 is 1.84 bits per heavy atom. The summed E-state index contributed by atoms with van der Waals surface area (Å²) in [6.45, 7) is 6.45. The maximum atomic E-state index is 13.4. The number of anilines is 1. The summed E-state index contributed by atoms with van der Waals surface area (Å²) >= 11 is 7.12. The van der Waals surface area contributed by atoms with Gasteiger partial charge in [0, 0.05) is 30.1 Å². The second-order valence-electron chi connectivity index (χ2n) is 9.61. The van der Waals surface area contributed by atoms with E-state index in [1.165, 1.54) is 49.4 Å². The van der Waals surface area contributed by atoms with Gasteiger partial charge in [0.25, 0.3) is 5.91 Å². The summed E-state index contributed by atoms with van der Waals surface area (Å²) in [5, 5.41) is 1.12. The molecule has 168 valence electrons. The lowest BCUT2D eigenvalue weighted by atomic mass is 9.94. The van der Waals surface area contributed by atoms with Gasteiger partial charge in [0.2, 0.25) is 0 Å². The van der Waals surface area contributed by atoms with E-state index >= 15 is 0 Å². The van der Waals surface area contributed by atoms with Crippen molar-refractivity contribution in [3.63, 3.8) is 0 Å². The molecule has 5 rings (SSSR count). The van der Waals surface area contributed by atoms with Crippen LogP contribution in [0.1, 0.15) is 63.0 Å². The molecule has 6 heteroatoms. The molecule has 4 nitrogen and oxygen atoms in total. The van der Waals surface area contributed by atoms with Gasteiger partial charge < -0.3 is 4.90 Å². The summed E-state index contributed by atoms with van der Waals surface area (Å²) in [7, 11) is 0. The largest absolute Gasteiger partial charge is 0.356 e. The zero-order valence-electron chi connectivity index (χ0n) is 19.0. The molecular formula is C26H31N3OS2. The SMILES string of the molecule is Cc1ccc2nc(N3CCC(C)CC3)c(/C=C3\SC(=S)N(C4CCCCC4)C3=O)cc2c1. The lowest BCUT2D eigenvalue weighted by molar-refractivity contribution is -0.124. The van der Waals surface area contributed by atoms with Crippen molar-refractivity contribution in [2.75, 3.05) is 18.0 Å². The van der Waals surface area contributed by atoms with Crippen molar-refractivity contribution in [2.45, 2.75) is 64.8 Å². The molecule has 2 saturated heterocycles. The van der Waals surface area contributed by atoms with E-state index < -0.39 is 0 Å². The smallest absolute Gasteiger partial charge is 0.266 e. The number of thioether (sulfide) groups is 1. The molecule has 1 aromatic carbocycles. The van der Waals surface area contributed by atoms with Crippen LogP contribution in [0.15, 0.2) is 29.2 Å². The molecule has 1 saturated carbocycles. The van der Waals surface area contributed by atoms with Crippen LogP contribution in [0.4, 0.5) is 5.82 Å². The van der Waals surface area contributed by atoms with E-state index in [0.29, 0.717) is 4.32 Å². The third kappa shape index (κ3) is 4.32. The minimum Gasteiger partial charge on any atom is -0.356 e. The summed E-state index contributed by atoms with van der Waals surface area (Å²) < 4.78 is 0.714. The van der Waals surface area contributed by atoms with Gasteiger partial charge in [-0.3, -0.25) is 9.69 Å². The molecule has 32 heavy (non-hydrogen) atoms. The number of carbonyl (C=O) groups excluding carboxylic acids is 1. The lowest BCUT2D eigenvalue weighted by Gasteiger charge is -2.32. The number of thiocarbonyl (C=S) groups is 1. The van der Waals surface area contributed by atoms with Crippen LogP contribution >= 0.6 is 24.0 Å². The fraction of sp³-hybridized carbons (Fsp3) is 0.500. The molecule has 0 radical (unpaired) electrons. The van der Waals surface area contributed by atoms with Crippen molar-refractivity contribution < 1.29 is 4.79 Å². The molecule has 1 aliphatic carbocycles. The topological polar surface area (TPSA) is 36.4 Å². The number of benzene rings is 1. The van der Waals surface area contributed by atoms with Crippen molar-refractivity contribution in [1.29, 1.82) is 0 Å². The highest BCUT2D eigenvalue weighted by molar-refractivity contribution is 8.26. The number of aryl methyl sites for hydroxylation is 1. The summed E-state index contributed by atoms with van der Waals surface area (Å²) in [6.07, 6.45) is 10.2. The zero-order valence-corrected chi connectivity index (χ0v) is 20.6. The number of aromatic nitrogens is 1. The van der Waals surface area contributed by atoms with Crippen LogP contribution in [0, 0.1) is 12.8 Å². The fourth-order valence-corrected chi connectivity index (χ4v) is 6.55. The van der Waals surface area contributed by atoms with E-state index in [-0.39, 0.29) is 11.9 Å². The first-order valence-corrected chi connectivity index (χ1v) is 13.2. The van der Waals surface area contributed by atoms with Gasteiger partial charge in [0.1, 0.15) is 10.1 Å².